The van der Waals surface area contributed by atoms with Crippen LogP contribution < -0.4 is 10.6 Å². The summed E-state index contributed by atoms with van der Waals surface area (Å²) in [6, 6.07) is 6.09. The van der Waals surface area contributed by atoms with Crippen molar-refractivity contribution in [3.8, 4) is 0 Å². The molecular formula is C24H29N5O2. The molecular weight excluding hydrogens is 390 g/mol. The molecule has 31 heavy (non-hydrogen) atoms. The van der Waals surface area contributed by atoms with Crippen molar-refractivity contribution in [2.45, 2.75) is 63.1 Å². The Labute approximate surface area is 181 Å². The van der Waals surface area contributed by atoms with Crippen LogP contribution in [0.15, 0.2) is 18.2 Å². The second kappa shape index (κ2) is 6.31. The number of nitrogens with one attached hydrogen (secondary N) is 2. The Hall–Kier alpha value is -2.41. The number of benzene rings is 1. The maximum Gasteiger partial charge on any atom is 0.272 e. The summed E-state index contributed by atoms with van der Waals surface area (Å²) >= 11 is 0. The number of carbonyl (C=O) groups is 2. The third-order valence-corrected chi connectivity index (χ3v) is 8.55. The number of hydrogen-bond donors (Lipinski definition) is 2. The van der Waals surface area contributed by atoms with E-state index in [0.717, 1.165) is 42.5 Å². The van der Waals surface area contributed by atoms with Crippen LogP contribution in [0, 0.1) is 17.8 Å². The zero-order valence-corrected chi connectivity index (χ0v) is 17.8. The van der Waals surface area contributed by atoms with Gasteiger partial charge in [0.1, 0.15) is 0 Å². The molecule has 0 radical (unpaired) electrons. The summed E-state index contributed by atoms with van der Waals surface area (Å²) in [5.74, 6) is 1.47. The lowest BCUT2D eigenvalue weighted by Gasteiger charge is -2.58. The van der Waals surface area contributed by atoms with Gasteiger partial charge in [-0.3, -0.25) is 19.2 Å². The molecule has 1 aromatic heterocycles. The number of anilines is 1. The number of nitrogens with zero attached hydrogens (tertiary/aromatic N) is 3. The summed E-state index contributed by atoms with van der Waals surface area (Å²) < 4.78 is 1.99. The summed E-state index contributed by atoms with van der Waals surface area (Å²) in [6.07, 6.45) is 8.22. The Morgan fingerprint density at radius 2 is 2.00 bits per heavy atom. The van der Waals surface area contributed by atoms with Gasteiger partial charge in [0.15, 0.2) is 5.69 Å². The van der Waals surface area contributed by atoms with Crippen LogP contribution >= 0.6 is 0 Å². The summed E-state index contributed by atoms with van der Waals surface area (Å²) in [5, 5.41) is 12.0. The normalized spacial score (nSPS) is 31.5. The minimum Gasteiger partial charge on any atom is -0.346 e. The minimum atomic E-state index is -0.0520. The van der Waals surface area contributed by atoms with Crippen LogP contribution in [-0.2, 0) is 11.3 Å². The van der Waals surface area contributed by atoms with Crippen molar-refractivity contribution in [1.29, 1.82) is 0 Å². The molecule has 2 aliphatic heterocycles. The first-order valence-electron chi connectivity index (χ1n) is 12.0. The lowest BCUT2D eigenvalue weighted by molar-refractivity contribution is -0.117. The molecule has 2 N–H and O–H groups in total. The van der Waals surface area contributed by atoms with Gasteiger partial charge in [-0.2, -0.15) is 5.10 Å². The van der Waals surface area contributed by atoms with E-state index in [9.17, 15) is 9.59 Å². The van der Waals surface area contributed by atoms with Crippen LogP contribution in [0.2, 0.25) is 0 Å². The first-order valence-corrected chi connectivity index (χ1v) is 12.0. The van der Waals surface area contributed by atoms with E-state index in [1.165, 1.54) is 38.6 Å². The van der Waals surface area contributed by atoms with Gasteiger partial charge in [-0.25, -0.2) is 0 Å². The van der Waals surface area contributed by atoms with Gasteiger partial charge in [-0.15, -0.1) is 0 Å². The Bertz CT molecular complexity index is 1100. The van der Waals surface area contributed by atoms with Crippen molar-refractivity contribution >= 4 is 28.4 Å². The third kappa shape index (κ3) is 2.78. The Kier molecular flexibility index (Phi) is 3.70. The van der Waals surface area contributed by atoms with Gasteiger partial charge < -0.3 is 10.6 Å². The van der Waals surface area contributed by atoms with E-state index in [4.69, 9.17) is 5.10 Å². The molecule has 7 rings (SSSR count). The van der Waals surface area contributed by atoms with Crippen LogP contribution in [0.4, 0.5) is 5.69 Å². The molecule has 0 bridgehead atoms. The number of carbonyl (C=O) groups excluding carboxylic acids is 2. The van der Waals surface area contributed by atoms with Gasteiger partial charge in [0.25, 0.3) is 5.91 Å². The molecule has 3 aliphatic carbocycles. The molecule has 2 saturated heterocycles. The lowest BCUT2D eigenvalue weighted by atomic mass is 9.61. The lowest BCUT2D eigenvalue weighted by Crippen LogP contribution is -2.64. The predicted octanol–water partition coefficient (Wildman–Crippen LogP) is 2.76. The maximum atomic E-state index is 13.3. The molecule has 1 unspecified atom stereocenters. The molecule has 5 fully saturated rings. The molecule has 3 atom stereocenters. The first kappa shape index (κ1) is 18.2. The molecule has 3 saturated carbocycles. The fraction of sp³-hybridized carbons (Fsp3) is 0.625. The molecule has 162 valence electrons. The first-order chi connectivity index (χ1) is 15.1. The molecule has 1 spiro atoms. The minimum absolute atomic E-state index is 0.0520. The zero-order valence-electron chi connectivity index (χ0n) is 17.8. The topological polar surface area (TPSA) is 79.3 Å². The smallest absolute Gasteiger partial charge is 0.272 e. The fourth-order valence-electron chi connectivity index (χ4n) is 6.19. The van der Waals surface area contributed by atoms with Crippen LogP contribution in [0.3, 0.4) is 0 Å². The van der Waals surface area contributed by atoms with Crippen molar-refractivity contribution in [3.63, 3.8) is 0 Å². The Morgan fingerprint density at radius 1 is 1.13 bits per heavy atom. The van der Waals surface area contributed by atoms with E-state index in [2.05, 4.69) is 15.5 Å². The van der Waals surface area contributed by atoms with E-state index >= 15 is 0 Å². The van der Waals surface area contributed by atoms with Crippen LogP contribution in [0.25, 0.3) is 10.9 Å². The van der Waals surface area contributed by atoms with Crippen LogP contribution in [-0.4, -0.2) is 51.2 Å². The van der Waals surface area contributed by atoms with Crippen molar-refractivity contribution < 1.29 is 9.59 Å². The van der Waals surface area contributed by atoms with E-state index in [-0.39, 0.29) is 23.8 Å². The fourth-order valence-corrected chi connectivity index (χ4v) is 6.19. The maximum absolute atomic E-state index is 13.3. The highest BCUT2D eigenvalue weighted by atomic mass is 16.2. The summed E-state index contributed by atoms with van der Waals surface area (Å²) in [6.45, 7) is 3.00. The second-order valence-electron chi connectivity index (χ2n) is 10.5. The van der Waals surface area contributed by atoms with Gasteiger partial charge in [0.2, 0.25) is 5.91 Å². The van der Waals surface area contributed by atoms with Gasteiger partial charge >= 0.3 is 0 Å². The molecule has 3 heterocycles. The van der Waals surface area contributed by atoms with E-state index < -0.39 is 0 Å². The van der Waals surface area contributed by atoms with Gasteiger partial charge in [-0.05, 0) is 75.0 Å². The number of aromatic nitrogens is 2. The summed E-state index contributed by atoms with van der Waals surface area (Å²) in [5.41, 5.74) is 2.67. The van der Waals surface area contributed by atoms with Crippen molar-refractivity contribution in [3.05, 3.63) is 23.9 Å². The van der Waals surface area contributed by atoms with E-state index in [1.54, 1.807) is 0 Å². The zero-order chi connectivity index (χ0) is 20.7. The van der Waals surface area contributed by atoms with Crippen molar-refractivity contribution in [1.82, 2.24) is 20.0 Å². The molecule has 2 amide bonds. The number of rotatable bonds is 6. The number of amides is 2. The largest absolute Gasteiger partial charge is 0.346 e. The van der Waals surface area contributed by atoms with Crippen molar-refractivity contribution in [2.24, 2.45) is 17.8 Å². The molecule has 7 heteroatoms. The van der Waals surface area contributed by atoms with Crippen LogP contribution in [0.5, 0.6) is 0 Å². The quantitative estimate of drug-likeness (QED) is 0.755. The highest BCUT2D eigenvalue weighted by Gasteiger charge is 2.63. The molecule has 2 aromatic rings. The second-order valence-corrected chi connectivity index (χ2v) is 10.5. The SMILES string of the molecule is O=C(N[C@@H]1CN2CCC23CC[C@H]13)c1nn(CC2CC2)c2cc(NC(=O)C3CC3)ccc12. The third-order valence-electron chi connectivity index (χ3n) is 8.55. The van der Waals surface area contributed by atoms with E-state index in [1.807, 2.05) is 22.9 Å². The molecule has 1 aromatic carbocycles. The monoisotopic (exact) mass is 419 g/mol. The number of hydrogen-bond acceptors (Lipinski definition) is 4. The molecule has 7 nitrogen and oxygen atoms in total. The predicted molar refractivity (Wildman–Crippen MR) is 117 cm³/mol. The highest BCUT2D eigenvalue weighted by Crippen LogP contribution is 2.57. The Morgan fingerprint density at radius 3 is 2.65 bits per heavy atom. The van der Waals surface area contributed by atoms with Crippen molar-refractivity contribution in [2.75, 3.05) is 18.4 Å². The standard InChI is InChI=1S/C24H29N5O2/c30-22(15-3-4-15)25-16-5-6-17-20(11-16)29(12-14-1-2-14)27-21(17)23(31)26-19-13-28-10-9-24(28)8-7-18(19)24/h5-6,11,14-15,18-19H,1-4,7-10,12-13H2,(H,25,30)(H,26,31)/t18-,19-,24?/m1/s1. The number of fused-ring (bicyclic) bond motifs is 1. The van der Waals surface area contributed by atoms with Gasteiger partial charge in [0, 0.05) is 48.2 Å². The average molecular weight is 420 g/mol. The van der Waals surface area contributed by atoms with Crippen LogP contribution in [0.1, 0.15) is 55.4 Å². The Balaban J connectivity index is 1.17. The summed E-state index contributed by atoms with van der Waals surface area (Å²) in [7, 11) is 0. The van der Waals surface area contributed by atoms with E-state index in [0.29, 0.717) is 23.1 Å². The molecule has 5 aliphatic rings. The highest BCUT2D eigenvalue weighted by molar-refractivity contribution is 6.06. The van der Waals surface area contributed by atoms with Gasteiger partial charge in [-0.1, -0.05) is 0 Å². The summed E-state index contributed by atoms with van der Waals surface area (Å²) in [4.78, 5) is 28.1. The average Bonchev–Trinajstić information content (AvgIpc) is 3.61. The van der Waals surface area contributed by atoms with Gasteiger partial charge in [0.05, 0.1) is 5.52 Å².